The normalized spacial score (nSPS) is 12.8. The summed E-state index contributed by atoms with van der Waals surface area (Å²) in [6.07, 6.45) is -0.380. The van der Waals surface area contributed by atoms with Crippen LogP contribution in [0.15, 0.2) is 18.2 Å². The number of carbonyl (C=O) groups is 4. The molecule has 0 saturated heterocycles. The molecule has 1 aromatic carbocycles. The van der Waals surface area contributed by atoms with Gasteiger partial charge in [-0.05, 0) is 17.7 Å². The van der Waals surface area contributed by atoms with Gasteiger partial charge in [-0.15, -0.1) is 0 Å². The largest absolute Gasteiger partial charge is 0.468 e. The molecule has 1 rings (SSSR count). The van der Waals surface area contributed by atoms with Crippen LogP contribution in [0.4, 0.5) is 8.78 Å². The molecule has 0 aliphatic carbocycles. The van der Waals surface area contributed by atoms with Crippen LogP contribution in [0.5, 0.6) is 0 Å². The number of hydrogen-bond donors (Lipinski definition) is 2. The monoisotopic (exact) mass is 386 g/mol. The zero-order valence-electron chi connectivity index (χ0n) is 15.0. The standard InChI is InChI=1S/C17H20F2N2O6/c1-8(13(16(24)26-2)17(25)27-3)14(15(20)23)21-12(22)7-9-4-5-10(18)11(19)6-9/h4-6,8,13-14H,7H2,1-3H3,(H2,20,23)(H,21,22)/t8-,14+/m1/s1. The van der Waals surface area contributed by atoms with E-state index in [1.807, 2.05) is 0 Å². The quantitative estimate of drug-likeness (QED) is 0.481. The molecule has 148 valence electrons. The average molecular weight is 386 g/mol. The van der Waals surface area contributed by atoms with Crippen molar-refractivity contribution in [2.75, 3.05) is 14.2 Å². The molecule has 8 nitrogen and oxygen atoms in total. The van der Waals surface area contributed by atoms with Crippen LogP contribution in [0.2, 0.25) is 0 Å². The highest BCUT2D eigenvalue weighted by molar-refractivity contribution is 5.97. The Morgan fingerprint density at radius 3 is 2.07 bits per heavy atom. The molecule has 0 radical (unpaired) electrons. The molecule has 0 bridgehead atoms. The molecule has 1 aromatic rings. The summed E-state index contributed by atoms with van der Waals surface area (Å²) >= 11 is 0. The van der Waals surface area contributed by atoms with Crippen LogP contribution in [0.3, 0.4) is 0 Å². The lowest BCUT2D eigenvalue weighted by Crippen LogP contribution is -2.53. The fraction of sp³-hybridized carbons (Fsp3) is 0.412. The Morgan fingerprint density at radius 1 is 1.07 bits per heavy atom. The van der Waals surface area contributed by atoms with Gasteiger partial charge in [0.05, 0.1) is 20.6 Å². The fourth-order valence-corrected chi connectivity index (χ4v) is 2.49. The summed E-state index contributed by atoms with van der Waals surface area (Å²) in [4.78, 5) is 47.6. The zero-order chi connectivity index (χ0) is 20.7. The molecular weight excluding hydrogens is 366 g/mol. The third kappa shape index (κ3) is 5.73. The van der Waals surface area contributed by atoms with E-state index in [4.69, 9.17) is 5.73 Å². The molecule has 3 N–H and O–H groups in total. The van der Waals surface area contributed by atoms with Gasteiger partial charge >= 0.3 is 11.9 Å². The molecule has 27 heavy (non-hydrogen) atoms. The van der Waals surface area contributed by atoms with Crippen LogP contribution in [0.1, 0.15) is 12.5 Å². The Labute approximate surface area is 154 Å². The molecule has 0 aliphatic rings. The average Bonchev–Trinajstić information content (AvgIpc) is 2.62. The van der Waals surface area contributed by atoms with Gasteiger partial charge < -0.3 is 20.5 Å². The van der Waals surface area contributed by atoms with E-state index >= 15 is 0 Å². The summed E-state index contributed by atoms with van der Waals surface area (Å²) in [5.74, 6) is -8.45. The first-order chi connectivity index (χ1) is 12.6. The minimum Gasteiger partial charge on any atom is -0.468 e. The zero-order valence-corrected chi connectivity index (χ0v) is 15.0. The Balaban J connectivity index is 2.97. The summed E-state index contributed by atoms with van der Waals surface area (Å²) in [6.45, 7) is 1.34. The number of ether oxygens (including phenoxy) is 2. The van der Waals surface area contributed by atoms with Gasteiger partial charge in [0.2, 0.25) is 11.8 Å². The molecular formula is C17H20F2N2O6. The van der Waals surface area contributed by atoms with Crippen LogP contribution in [-0.4, -0.2) is 44.0 Å². The lowest BCUT2D eigenvalue weighted by molar-refractivity contribution is -0.162. The number of hydrogen-bond acceptors (Lipinski definition) is 6. The number of primary amides is 1. The van der Waals surface area contributed by atoms with Crippen LogP contribution in [0.25, 0.3) is 0 Å². The van der Waals surface area contributed by atoms with Crippen molar-refractivity contribution in [3.05, 3.63) is 35.4 Å². The number of nitrogens with two attached hydrogens (primary N) is 1. The van der Waals surface area contributed by atoms with Crippen molar-refractivity contribution in [3.8, 4) is 0 Å². The van der Waals surface area contributed by atoms with Gasteiger partial charge in [0.1, 0.15) is 6.04 Å². The number of halogens is 2. The van der Waals surface area contributed by atoms with E-state index in [1.165, 1.54) is 13.0 Å². The molecule has 0 unspecified atom stereocenters. The number of amides is 2. The number of carbonyl (C=O) groups excluding carboxylic acids is 4. The summed E-state index contributed by atoms with van der Waals surface area (Å²) in [5.41, 5.74) is 5.43. The van der Waals surface area contributed by atoms with E-state index in [0.717, 1.165) is 26.4 Å². The maximum atomic E-state index is 13.2. The predicted molar refractivity (Wildman–Crippen MR) is 87.9 cm³/mol. The van der Waals surface area contributed by atoms with Crippen molar-refractivity contribution in [1.82, 2.24) is 5.32 Å². The highest BCUT2D eigenvalue weighted by Gasteiger charge is 2.41. The Bertz CT molecular complexity index is 724. The number of benzene rings is 1. The summed E-state index contributed by atoms with van der Waals surface area (Å²) in [6, 6.07) is 1.48. The van der Waals surface area contributed by atoms with Crippen LogP contribution in [-0.2, 0) is 35.1 Å². The smallest absolute Gasteiger partial charge is 0.320 e. The van der Waals surface area contributed by atoms with Gasteiger partial charge in [-0.3, -0.25) is 19.2 Å². The van der Waals surface area contributed by atoms with Crippen LogP contribution >= 0.6 is 0 Å². The maximum absolute atomic E-state index is 13.2. The van der Waals surface area contributed by atoms with Crippen molar-refractivity contribution in [2.45, 2.75) is 19.4 Å². The second-order valence-corrected chi connectivity index (χ2v) is 5.76. The summed E-state index contributed by atoms with van der Waals surface area (Å²) in [7, 11) is 2.10. The third-order valence-electron chi connectivity index (χ3n) is 3.93. The molecule has 0 aliphatic heterocycles. The minimum absolute atomic E-state index is 0.153. The number of rotatable bonds is 8. The van der Waals surface area contributed by atoms with Gasteiger partial charge in [0, 0.05) is 5.92 Å². The van der Waals surface area contributed by atoms with Crippen LogP contribution < -0.4 is 11.1 Å². The highest BCUT2D eigenvalue weighted by atomic mass is 19.2. The van der Waals surface area contributed by atoms with E-state index < -0.39 is 53.3 Å². The lowest BCUT2D eigenvalue weighted by Gasteiger charge is -2.26. The summed E-state index contributed by atoms with van der Waals surface area (Å²) in [5, 5.41) is 2.29. The Kier molecular flexibility index (Phi) is 7.82. The molecule has 0 aromatic heterocycles. The number of methoxy groups -OCH3 is 2. The van der Waals surface area contributed by atoms with Gasteiger partial charge in [-0.1, -0.05) is 13.0 Å². The fourth-order valence-electron chi connectivity index (χ4n) is 2.49. The van der Waals surface area contributed by atoms with E-state index in [0.29, 0.717) is 0 Å². The molecule has 0 fully saturated rings. The van der Waals surface area contributed by atoms with Gasteiger partial charge in [0.15, 0.2) is 17.6 Å². The highest BCUT2D eigenvalue weighted by Crippen LogP contribution is 2.20. The van der Waals surface area contributed by atoms with Crippen molar-refractivity contribution < 1.29 is 37.4 Å². The Morgan fingerprint density at radius 2 is 1.63 bits per heavy atom. The molecule has 2 atom stereocenters. The van der Waals surface area contributed by atoms with Crippen molar-refractivity contribution >= 4 is 23.8 Å². The van der Waals surface area contributed by atoms with Crippen molar-refractivity contribution in [2.24, 2.45) is 17.6 Å². The first-order valence-electron chi connectivity index (χ1n) is 7.80. The second-order valence-electron chi connectivity index (χ2n) is 5.76. The number of esters is 2. The topological polar surface area (TPSA) is 125 Å². The van der Waals surface area contributed by atoms with Crippen LogP contribution in [0, 0.1) is 23.5 Å². The van der Waals surface area contributed by atoms with Crippen molar-refractivity contribution in [1.29, 1.82) is 0 Å². The first-order valence-corrected chi connectivity index (χ1v) is 7.80. The molecule has 10 heteroatoms. The molecule has 0 saturated carbocycles. The lowest BCUT2D eigenvalue weighted by atomic mass is 9.86. The number of nitrogens with one attached hydrogen (secondary N) is 1. The van der Waals surface area contributed by atoms with Gasteiger partial charge in [-0.2, -0.15) is 0 Å². The van der Waals surface area contributed by atoms with E-state index in [2.05, 4.69) is 14.8 Å². The summed E-state index contributed by atoms with van der Waals surface area (Å²) < 4.78 is 35.2. The predicted octanol–water partition coefficient (Wildman–Crippen LogP) is 0.0757. The van der Waals surface area contributed by atoms with E-state index in [1.54, 1.807) is 0 Å². The molecule has 2 amide bonds. The molecule has 0 spiro atoms. The first kappa shape index (κ1) is 22.0. The SMILES string of the molecule is COC(=O)C(C(=O)OC)[C@@H](C)[C@H](NC(=O)Cc1ccc(F)c(F)c1)C(N)=O. The minimum atomic E-state index is -1.50. The second kappa shape index (κ2) is 9.60. The maximum Gasteiger partial charge on any atom is 0.320 e. The van der Waals surface area contributed by atoms with E-state index in [9.17, 15) is 28.0 Å². The van der Waals surface area contributed by atoms with Gasteiger partial charge in [0.25, 0.3) is 0 Å². The Hall–Kier alpha value is -3.04. The molecule has 0 heterocycles. The third-order valence-corrected chi connectivity index (χ3v) is 3.93. The van der Waals surface area contributed by atoms with Gasteiger partial charge in [-0.25, -0.2) is 8.78 Å². The van der Waals surface area contributed by atoms with E-state index in [-0.39, 0.29) is 12.0 Å². The van der Waals surface area contributed by atoms with Crippen molar-refractivity contribution in [3.63, 3.8) is 0 Å².